The summed E-state index contributed by atoms with van der Waals surface area (Å²) in [6.07, 6.45) is 2.31. The van der Waals surface area contributed by atoms with Crippen LogP contribution in [-0.4, -0.2) is 22.8 Å². The van der Waals surface area contributed by atoms with E-state index in [-0.39, 0.29) is 12.1 Å². The maximum Gasteiger partial charge on any atom is 0.328 e. The van der Waals surface area contributed by atoms with Gasteiger partial charge in [0.25, 0.3) is 11.7 Å². The predicted octanol–water partition coefficient (Wildman–Crippen LogP) is 3.82. The Kier molecular flexibility index (Phi) is 4.61. The smallest absolute Gasteiger partial charge is 0.328 e. The van der Waals surface area contributed by atoms with E-state index in [9.17, 15) is 14.4 Å². The number of carboxylic acids is 1. The zero-order valence-corrected chi connectivity index (χ0v) is 14.2. The van der Waals surface area contributed by atoms with Gasteiger partial charge in [0.2, 0.25) is 0 Å². The third-order valence-electron chi connectivity index (χ3n) is 3.77. The van der Waals surface area contributed by atoms with Crippen LogP contribution in [0.5, 0.6) is 0 Å². The van der Waals surface area contributed by atoms with E-state index >= 15 is 0 Å². The largest absolute Gasteiger partial charge is 0.478 e. The maximum absolute atomic E-state index is 12.4. The molecule has 1 heterocycles. The van der Waals surface area contributed by atoms with Gasteiger partial charge in [-0.3, -0.25) is 14.5 Å². The molecule has 0 saturated heterocycles. The van der Waals surface area contributed by atoms with Crippen molar-refractivity contribution in [2.45, 2.75) is 6.54 Å². The van der Waals surface area contributed by atoms with Crippen molar-refractivity contribution in [3.63, 3.8) is 0 Å². The number of fused-ring (bicyclic) bond motifs is 1. The van der Waals surface area contributed by atoms with Crippen LogP contribution in [0.25, 0.3) is 6.08 Å². The number of anilines is 1. The average molecular weight is 376 g/mol. The number of carbonyl (C=O) groups is 3. The minimum absolute atomic E-state index is 0.0749. The average Bonchev–Trinajstić information content (AvgIpc) is 2.81. The summed E-state index contributed by atoms with van der Waals surface area (Å²) in [5.41, 5.74) is 1.70. The molecule has 1 aliphatic rings. The Labute approximate surface area is 153 Å². The van der Waals surface area contributed by atoms with Crippen LogP contribution in [0.2, 0.25) is 10.0 Å². The highest BCUT2D eigenvalue weighted by Crippen LogP contribution is 2.35. The van der Waals surface area contributed by atoms with Gasteiger partial charge >= 0.3 is 5.97 Å². The number of para-hydroxylation sites is 1. The molecule has 0 fully saturated rings. The lowest BCUT2D eigenvalue weighted by molar-refractivity contribution is -0.131. The molecule has 0 spiro atoms. The molecule has 5 nitrogen and oxygen atoms in total. The lowest BCUT2D eigenvalue weighted by atomic mass is 10.1. The van der Waals surface area contributed by atoms with E-state index in [1.54, 1.807) is 30.3 Å². The van der Waals surface area contributed by atoms with Crippen molar-refractivity contribution in [3.8, 4) is 0 Å². The van der Waals surface area contributed by atoms with Gasteiger partial charge in [-0.25, -0.2) is 4.79 Å². The van der Waals surface area contributed by atoms with Crippen molar-refractivity contribution in [2.75, 3.05) is 4.90 Å². The summed E-state index contributed by atoms with van der Waals surface area (Å²) in [6, 6.07) is 9.65. The Bertz CT molecular complexity index is 937. The number of ketones is 1. The molecule has 0 aromatic heterocycles. The molecular formula is C18H11Cl2NO4. The van der Waals surface area contributed by atoms with Crippen LogP contribution in [0.15, 0.2) is 42.5 Å². The Morgan fingerprint density at radius 3 is 2.60 bits per heavy atom. The topological polar surface area (TPSA) is 74.7 Å². The monoisotopic (exact) mass is 375 g/mol. The minimum Gasteiger partial charge on any atom is -0.478 e. The number of benzene rings is 2. The molecule has 0 radical (unpaired) electrons. The van der Waals surface area contributed by atoms with E-state index in [0.29, 0.717) is 26.9 Å². The fourth-order valence-corrected chi connectivity index (χ4v) is 3.12. The number of amides is 1. The second kappa shape index (κ2) is 6.70. The molecule has 0 unspecified atom stereocenters. The molecule has 0 bridgehead atoms. The number of rotatable bonds is 4. The SMILES string of the molecule is O=C(O)C=Cc1cccc2c1N(Cc1ccc(Cl)cc1Cl)C(=O)C2=O. The second-order valence-electron chi connectivity index (χ2n) is 5.37. The number of aliphatic carboxylic acids is 1. The number of hydrogen-bond acceptors (Lipinski definition) is 3. The van der Waals surface area contributed by atoms with Gasteiger partial charge < -0.3 is 5.11 Å². The molecule has 7 heteroatoms. The summed E-state index contributed by atoms with van der Waals surface area (Å²) in [5, 5.41) is 9.66. The van der Waals surface area contributed by atoms with Crippen molar-refractivity contribution in [1.29, 1.82) is 0 Å². The van der Waals surface area contributed by atoms with Gasteiger partial charge in [-0.2, -0.15) is 0 Å². The molecular weight excluding hydrogens is 365 g/mol. The number of nitrogens with zero attached hydrogens (tertiary/aromatic N) is 1. The van der Waals surface area contributed by atoms with E-state index in [2.05, 4.69) is 0 Å². The first-order valence-corrected chi connectivity index (χ1v) is 7.98. The fourth-order valence-electron chi connectivity index (χ4n) is 2.65. The van der Waals surface area contributed by atoms with Crippen LogP contribution in [0.4, 0.5) is 5.69 Å². The molecule has 25 heavy (non-hydrogen) atoms. The van der Waals surface area contributed by atoms with Crippen LogP contribution >= 0.6 is 23.2 Å². The number of halogens is 2. The molecule has 0 saturated carbocycles. The van der Waals surface area contributed by atoms with E-state index in [0.717, 1.165) is 6.08 Å². The normalized spacial score (nSPS) is 13.6. The standard InChI is InChI=1S/C18H11Cl2NO4/c19-12-6-4-11(14(20)8-12)9-21-16-10(5-7-15(22)23)2-1-3-13(16)17(24)18(21)25/h1-8H,9H2,(H,22,23). The third kappa shape index (κ3) is 3.29. The number of carbonyl (C=O) groups excluding carboxylic acids is 2. The zero-order valence-electron chi connectivity index (χ0n) is 12.7. The molecule has 0 atom stereocenters. The highest BCUT2D eigenvalue weighted by molar-refractivity contribution is 6.52. The van der Waals surface area contributed by atoms with Crippen molar-refractivity contribution in [2.24, 2.45) is 0 Å². The molecule has 1 aliphatic heterocycles. The van der Waals surface area contributed by atoms with Gasteiger partial charge in [0, 0.05) is 16.1 Å². The lowest BCUT2D eigenvalue weighted by Gasteiger charge is -2.19. The van der Waals surface area contributed by atoms with Gasteiger partial charge in [0.05, 0.1) is 17.8 Å². The summed E-state index contributed by atoms with van der Waals surface area (Å²) in [7, 11) is 0. The third-order valence-corrected chi connectivity index (χ3v) is 4.36. The summed E-state index contributed by atoms with van der Waals surface area (Å²) in [4.78, 5) is 36.7. The Morgan fingerprint density at radius 2 is 1.92 bits per heavy atom. The molecule has 1 amide bonds. The maximum atomic E-state index is 12.4. The second-order valence-corrected chi connectivity index (χ2v) is 6.21. The first kappa shape index (κ1) is 17.2. The lowest BCUT2D eigenvalue weighted by Crippen LogP contribution is -2.29. The molecule has 1 N–H and O–H groups in total. The van der Waals surface area contributed by atoms with Crippen molar-refractivity contribution in [3.05, 3.63) is 69.2 Å². The van der Waals surface area contributed by atoms with Crippen molar-refractivity contribution in [1.82, 2.24) is 0 Å². The molecule has 3 rings (SSSR count). The van der Waals surface area contributed by atoms with Gasteiger partial charge in [-0.1, -0.05) is 41.4 Å². The van der Waals surface area contributed by atoms with E-state index in [1.807, 2.05) is 0 Å². The summed E-state index contributed by atoms with van der Waals surface area (Å²) >= 11 is 12.0. The molecule has 126 valence electrons. The fraction of sp³-hybridized carbons (Fsp3) is 0.0556. The summed E-state index contributed by atoms with van der Waals surface area (Å²) < 4.78 is 0. The first-order chi connectivity index (χ1) is 11.9. The van der Waals surface area contributed by atoms with Crippen molar-refractivity contribution >= 4 is 52.6 Å². The summed E-state index contributed by atoms with van der Waals surface area (Å²) in [6.45, 7) is 0.0749. The zero-order chi connectivity index (χ0) is 18.1. The Balaban J connectivity index is 2.07. The predicted molar refractivity (Wildman–Crippen MR) is 95.1 cm³/mol. The van der Waals surface area contributed by atoms with Crippen LogP contribution in [0.1, 0.15) is 21.5 Å². The number of Topliss-reactive ketones (excluding diaryl/α,β-unsaturated/α-hetero) is 1. The first-order valence-electron chi connectivity index (χ1n) is 7.22. The summed E-state index contributed by atoms with van der Waals surface area (Å²) in [5.74, 6) is -2.44. The Morgan fingerprint density at radius 1 is 1.16 bits per heavy atom. The van der Waals surface area contributed by atoms with Gasteiger partial charge in [0.15, 0.2) is 0 Å². The molecule has 0 aliphatic carbocycles. The number of hydrogen-bond donors (Lipinski definition) is 1. The van der Waals surface area contributed by atoms with E-state index < -0.39 is 17.7 Å². The van der Waals surface area contributed by atoms with E-state index in [4.69, 9.17) is 28.3 Å². The molecule has 2 aromatic carbocycles. The van der Waals surface area contributed by atoms with Crippen LogP contribution in [0, 0.1) is 0 Å². The van der Waals surface area contributed by atoms with E-state index in [1.165, 1.54) is 17.0 Å². The van der Waals surface area contributed by atoms with Crippen LogP contribution in [0.3, 0.4) is 0 Å². The van der Waals surface area contributed by atoms with Gasteiger partial charge in [-0.05, 0) is 35.4 Å². The highest BCUT2D eigenvalue weighted by atomic mass is 35.5. The van der Waals surface area contributed by atoms with Crippen LogP contribution < -0.4 is 4.90 Å². The Hall–Kier alpha value is -2.63. The highest BCUT2D eigenvalue weighted by Gasteiger charge is 2.37. The van der Waals surface area contributed by atoms with Gasteiger partial charge in [-0.15, -0.1) is 0 Å². The van der Waals surface area contributed by atoms with Crippen molar-refractivity contribution < 1.29 is 19.5 Å². The molecule has 2 aromatic rings. The minimum atomic E-state index is -1.12. The van der Waals surface area contributed by atoms with Gasteiger partial charge in [0.1, 0.15) is 0 Å². The quantitative estimate of drug-likeness (QED) is 0.650. The van der Waals surface area contributed by atoms with Crippen LogP contribution in [-0.2, 0) is 16.1 Å². The number of carboxylic acid groups (broad SMARTS) is 1.